The normalized spacial score (nSPS) is 10.9. The summed E-state index contributed by atoms with van der Waals surface area (Å²) in [6.45, 7) is 2.14. The van der Waals surface area contributed by atoms with Crippen LogP contribution in [0.15, 0.2) is 54.6 Å². The molecule has 1 heterocycles. The number of likely N-dealkylation sites (N-methyl/N-ethyl adjacent to an activating group) is 1. The third kappa shape index (κ3) is 6.89. The van der Waals surface area contributed by atoms with Crippen LogP contribution in [0.1, 0.15) is 17.0 Å². The number of benzene rings is 2. The highest BCUT2D eigenvalue weighted by Crippen LogP contribution is 2.21. The summed E-state index contributed by atoms with van der Waals surface area (Å²) in [6.07, 6.45) is 0.519. The van der Waals surface area contributed by atoms with E-state index in [1.807, 2.05) is 54.2 Å². The molecule has 0 saturated heterocycles. The van der Waals surface area contributed by atoms with Gasteiger partial charge in [0.2, 0.25) is 11.0 Å². The van der Waals surface area contributed by atoms with E-state index in [0.29, 0.717) is 30.5 Å². The van der Waals surface area contributed by atoms with E-state index in [1.54, 1.807) is 12.1 Å². The van der Waals surface area contributed by atoms with Gasteiger partial charge in [0.1, 0.15) is 11.6 Å². The molecule has 1 N–H and O–H groups in total. The molecule has 1 amide bonds. The Balaban J connectivity index is 1.70. The molecule has 3 aromatic rings. The summed E-state index contributed by atoms with van der Waals surface area (Å²) in [5, 5.41) is 3.64. The van der Waals surface area contributed by atoms with Gasteiger partial charge in [-0.15, -0.1) is 0 Å². The van der Waals surface area contributed by atoms with Gasteiger partial charge in [-0.25, -0.2) is 9.37 Å². The first-order valence-corrected chi connectivity index (χ1v) is 10.5. The monoisotopic (exact) mass is 427 g/mol. The predicted octanol–water partition coefficient (Wildman–Crippen LogP) is 2.95. The molecule has 0 fully saturated rings. The molecule has 1 aromatic heterocycles. The molecule has 0 bridgehead atoms. The van der Waals surface area contributed by atoms with E-state index < -0.39 is 0 Å². The number of hydrogen-bond donors (Lipinski definition) is 1. The maximum absolute atomic E-state index is 13.1. The molecule has 0 aliphatic carbocycles. The van der Waals surface area contributed by atoms with Crippen molar-refractivity contribution in [1.82, 2.24) is 19.6 Å². The number of nitrogens with zero attached hydrogens (tertiary/aromatic N) is 4. The van der Waals surface area contributed by atoms with Crippen LogP contribution in [0.5, 0.6) is 0 Å². The summed E-state index contributed by atoms with van der Waals surface area (Å²) >= 11 is 1.27. The number of hydrogen-bond acceptors (Lipinski definition) is 6. The van der Waals surface area contributed by atoms with Crippen molar-refractivity contribution >= 4 is 22.6 Å². The van der Waals surface area contributed by atoms with Crippen molar-refractivity contribution < 1.29 is 9.18 Å². The van der Waals surface area contributed by atoms with Crippen LogP contribution < -0.4 is 10.2 Å². The topological polar surface area (TPSA) is 61.4 Å². The minimum atomic E-state index is -0.264. The van der Waals surface area contributed by atoms with Crippen molar-refractivity contribution in [3.63, 3.8) is 0 Å². The zero-order valence-electron chi connectivity index (χ0n) is 17.2. The van der Waals surface area contributed by atoms with Crippen molar-refractivity contribution in [2.24, 2.45) is 0 Å². The lowest BCUT2D eigenvalue weighted by molar-refractivity contribution is -0.119. The highest BCUT2D eigenvalue weighted by Gasteiger charge is 2.17. The van der Waals surface area contributed by atoms with Crippen LogP contribution >= 0.6 is 11.5 Å². The molecule has 0 radical (unpaired) electrons. The van der Waals surface area contributed by atoms with Crippen LogP contribution in [0, 0.1) is 5.82 Å². The Bertz CT molecular complexity index is 930. The summed E-state index contributed by atoms with van der Waals surface area (Å²) in [7, 11) is 3.94. The molecule has 0 aliphatic heterocycles. The van der Waals surface area contributed by atoms with E-state index in [0.717, 1.165) is 17.7 Å². The number of anilines is 1. The summed E-state index contributed by atoms with van der Waals surface area (Å²) in [6, 6.07) is 16.3. The predicted molar refractivity (Wildman–Crippen MR) is 118 cm³/mol. The van der Waals surface area contributed by atoms with Gasteiger partial charge in [0, 0.05) is 37.6 Å². The van der Waals surface area contributed by atoms with Crippen molar-refractivity contribution in [3.8, 4) is 0 Å². The second kappa shape index (κ2) is 10.8. The first-order chi connectivity index (χ1) is 14.5. The molecule has 2 aromatic carbocycles. The second-order valence-corrected chi connectivity index (χ2v) is 8.02. The van der Waals surface area contributed by atoms with E-state index >= 15 is 0 Å². The van der Waals surface area contributed by atoms with Gasteiger partial charge in [-0.2, -0.15) is 4.37 Å². The lowest BCUT2D eigenvalue weighted by Gasteiger charge is -2.21. The molecule has 6 nitrogen and oxygen atoms in total. The lowest BCUT2D eigenvalue weighted by atomic mass is 10.1. The van der Waals surface area contributed by atoms with Crippen LogP contribution in [0.4, 0.5) is 9.52 Å². The molecular formula is C22H26FN5OS. The number of nitrogens with one attached hydrogen (secondary N) is 1. The van der Waals surface area contributed by atoms with Gasteiger partial charge < -0.3 is 15.1 Å². The van der Waals surface area contributed by atoms with Gasteiger partial charge in [-0.05, 0) is 37.4 Å². The summed E-state index contributed by atoms with van der Waals surface area (Å²) < 4.78 is 17.6. The third-order valence-electron chi connectivity index (χ3n) is 4.44. The number of amides is 1. The van der Waals surface area contributed by atoms with Gasteiger partial charge in [-0.1, -0.05) is 42.5 Å². The molecular weight excluding hydrogens is 401 g/mol. The first-order valence-electron chi connectivity index (χ1n) is 9.77. The molecule has 0 unspecified atom stereocenters. The van der Waals surface area contributed by atoms with Gasteiger partial charge in [0.05, 0.1) is 6.54 Å². The van der Waals surface area contributed by atoms with Gasteiger partial charge >= 0.3 is 0 Å². The lowest BCUT2D eigenvalue weighted by Crippen LogP contribution is -2.39. The molecule has 8 heteroatoms. The van der Waals surface area contributed by atoms with E-state index in [1.165, 1.54) is 23.7 Å². The Morgan fingerprint density at radius 2 is 1.80 bits per heavy atom. The Morgan fingerprint density at radius 3 is 2.50 bits per heavy atom. The minimum absolute atomic E-state index is 0.0527. The summed E-state index contributed by atoms with van der Waals surface area (Å²) in [5.74, 6) is 0.343. The molecule has 158 valence electrons. The van der Waals surface area contributed by atoms with E-state index in [4.69, 9.17) is 0 Å². The zero-order chi connectivity index (χ0) is 21.3. The average Bonchev–Trinajstić information content (AvgIpc) is 3.18. The highest BCUT2D eigenvalue weighted by molar-refractivity contribution is 7.09. The number of carbonyl (C=O) groups is 1. The standard InChI is InChI=1S/C22H26FN5OS/c1-27(2)13-12-24-21(29)16-28(15-18-6-4-3-5-7-18)22-25-20(26-30-22)14-17-8-10-19(23)11-9-17/h3-11H,12-16H2,1-2H3,(H,24,29). The quantitative estimate of drug-likeness (QED) is 0.539. The fraction of sp³-hybridized carbons (Fsp3) is 0.318. The Kier molecular flexibility index (Phi) is 7.87. The maximum atomic E-state index is 13.1. The van der Waals surface area contributed by atoms with Crippen LogP contribution in [0.3, 0.4) is 0 Å². The number of halogens is 1. The van der Waals surface area contributed by atoms with Crippen molar-refractivity contribution in [2.75, 3.05) is 38.6 Å². The summed E-state index contributed by atoms with van der Waals surface area (Å²) in [4.78, 5) is 21.1. The van der Waals surface area contributed by atoms with Gasteiger partial charge in [-0.3, -0.25) is 4.79 Å². The molecule has 0 atom stereocenters. The second-order valence-electron chi connectivity index (χ2n) is 7.29. The number of rotatable bonds is 10. The van der Waals surface area contributed by atoms with Crippen molar-refractivity contribution in [3.05, 3.63) is 77.4 Å². The van der Waals surface area contributed by atoms with Crippen LogP contribution in [0.25, 0.3) is 0 Å². The minimum Gasteiger partial charge on any atom is -0.353 e. The van der Waals surface area contributed by atoms with Gasteiger partial charge in [0.15, 0.2) is 0 Å². The van der Waals surface area contributed by atoms with E-state index in [-0.39, 0.29) is 18.3 Å². The van der Waals surface area contributed by atoms with Crippen LogP contribution in [-0.2, 0) is 17.8 Å². The smallest absolute Gasteiger partial charge is 0.239 e. The van der Waals surface area contributed by atoms with Gasteiger partial charge in [0.25, 0.3) is 0 Å². The molecule has 0 spiro atoms. The Labute approximate surface area is 180 Å². The van der Waals surface area contributed by atoms with E-state index in [9.17, 15) is 9.18 Å². The van der Waals surface area contributed by atoms with Crippen LogP contribution in [0.2, 0.25) is 0 Å². The maximum Gasteiger partial charge on any atom is 0.239 e. The first kappa shape index (κ1) is 21.9. The molecule has 3 rings (SSSR count). The number of aromatic nitrogens is 2. The zero-order valence-corrected chi connectivity index (χ0v) is 18.0. The van der Waals surface area contributed by atoms with Crippen LogP contribution in [-0.4, -0.2) is 53.9 Å². The third-order valence-corrected chi connectivity index (χ3v) is 5.25. The van der Waals surface area contributed by atoms with Crippen molar-refractivity contribution in [1.29, 1.82) is 0 Å². The molecule has 0 saturated carbocycles. The fourth-order valence-corrected chi connectivity index (χ4v) is 3.56. The molecule has 30 heavy (non-hydrogen) atoms. The fourth-order valence-electron chi connectivity index (χ4n) is 2.87. The Hall–Kier alpha value is -2.84. The van der Waals surface area contributed by atoms with Crippen molar-refractivity contribution in [2.45, 2.75) is 13.0 Å². The highest BCUT2D eigenvalue weighted by atomic mass is 32.1. The average molecular weight is 428 g/mol. The largest absolute Gasteiger partial charge is 0.353 e. The van der Waals surface area contributed by atoms with E-state index in [2.05, 4.69) is 14.7 Å². The summed E-state index contributed by atoms with van der Waals surface area (Å²) in [5.41, 5.74) is 2.03. The SMILES string of the molecule is CN(C)CCNC(=O)CN(Cc1ccccc1)c1nc(Cc2ccc(F)cc2)ns1. The number of carbonyl (C=O) groups excluding carboxylic acids is 1. The molecule has 0 aliphatic rings. The Morgan fingerprint density at radius 1 is 1.07 bits per heavy atom.